The van der Waals surface area contributed by atoms with E-state index in [0.717, 1.165) is 21.8 Å². The van der Waals surface area contributed by atoms with Gasteiger partial charge in [-0.3, -0.25) is 4.79 Å². The maximum Gasteiger partial charge on any atom is 0.315 e. The lowest BCUT2D eigenvalue weighted by atomic mass is 10.2. The highest BCUT2D eigenvalue weighted by molar-refractivity contribution is 7.99. The molecular weight excluding hydrogens is 282 g/mol. The highest BCUT2D eigenvalue weighted by Crippen LogP contribution is 2.14. The number of benzene rings is 2. The maximum absolute atomic E-state index is 11.8. The fourth-order valence-electron chi connectivity index (χ4n) is 2.03. The smallest absolute Gasteiger partial charge is 0.315 e. The maximum atomic E-state index is 11.8. The molecule has 0 spiro atoms. The van der Waals surface area contributed by atoms with Crippen LogP contribution in [0.25, 0.3) is 11.0 Å². The minimum atomic E-state index is 0.0240. The van der Waals surface area contributed by atoms with Gasteiger partial charge in [-0.25, -0.2) is 9.97 Å². The number of para-hydroxylation sites is 2. The minimum Gasteiger partial charge on any atom is -0.351 e. The quantitative estimate of drug-likeness (QED) is 0.711. The van der Waals surface area contributed by atoms with E-state index in [1.807, 2.05) is 54.6 Å². The third kappa shape index (κ3) is 3.64. The van der Waals surface area contributed by atoms with Gasteiger partial charge in [0.15, 0.2) is 11.0 Å². The van der Waals surface area contributed by atoms with Gasteiger partial charge >= 0.3 is 5.16 Å². The molecule has 3 aromatic rings. The van der Waals surface area contributed by atoms with Crippen molar-refractivity contribution in [1.82, 2.24) is 10.3 Å². The van der Waals surface area contributed by atoms with Crippen LogP contribution in [-0.2, 0) is 11.3 Å². The van der Waals surface area contributed by atoms with Gasteiger partial charge in [-0.05, 0) is 29.5 Å². The number of aromatic nitrogens is 2. The van der Waals surface area contributed by atoms with E-state index in [1.54, 1.807) is 0 Å². The van der Waals surface area contributed by atoms with Crippen molar-refractivity contribution in [3.8, 4) is 0 Å². The second kappa shape index (κ2) is 6.45. The summed E-state index contributed by atoms with van der Waals surface area (Å²) in [5, 5.41) is 3.81. The zero-order valence-corrected chi connectivity index (χ0v) is 12.2. The van der Waals surface area contributed by atoms with Crippen molar-refractivity contribution in [3.05, 3.63) is 60.2 Å². The molecule has 0 bridgehead atoms. The molecule has 3 rings (SSSR count). The van der Waals surface area contributed by atoms with Crippen LogP contribution in [0.4, 0.5) is 0 Å². The number of thioether (sulfide) groups is 1. The number of hydrogen-bond donors (Lipinski definition) is 2. The van der Waals surface area contributed by atoms with Crippen molar-refractivity contribution < 1.29 is 9.78 Å². The number of hydrogen-bond acceptors (Lipinski definition) is 2. The van der Waals surface area contributed by atoms with Crippen LogP contribution < -0.4 is 10.3 Å². The molecule has 1 heterocycles. The van der Waals surface area contributed by atoms with E-state index in [9.17, 15) is 4.79 Å². The first-order chi connectivity index (χ1) is 10.3. The van der Waals surface area contributed by atoms with Crippen molar-refractivity contribution in [2.45, 2.75) is 11.7 Å². The molecule has 0 saturated heterocycles. The van der Waals surface area contributed by atoms with Crippen molar-refractivity contribution in [2.75, 3.05) is 5.75 Å². The monoisotopic (exact) mass is 298 g/mol. The van der Waals surface area contributed by atoms with Gasteiger partial charge in [-0.15, -0.1) is 0 Å². The van der Waals surface area contributed by atoms with Gasteiger partial charge in [0.1, 0.15) is 0 Å². The van der Waals surface area contributed by atoms with Crippen LogP contribution in [0.3, 0.4) is 0 Å². The number of nitrogens with one attached hydrogen (secondary N) is 3. The molecule has 4 nitrogen and oxygen atoms in total. The second-order valence-corrected chi connectivity index (χ2v) is 5.66. The largest absolute Gasteiger partial charge is 0.351 e. The summed E-state index contributed by atoms with van der Waals surface area (Å²) in [6, 6.07) is 17.9. The Kier molecular flexibility index (Phi) is 4.21. The lowest BCUT2D eigenvalue weighted by Gasteiger charge is -2.03. The summed E-state index contributed by atoms with van der Waals surface area (Å²) in [7, 11) is 0. The standard InChI is InChI=1S/C16H15N3OS/c20-15(17-10-12-6-2-1-3-7-12)11-21-16-18-13-8-4-5-9-14(13)19-16/h1-9H,10-11H2,(H,17,20)(H,18,19)/p+1. The summed E-state index contributed by atoms with van der Waals surface area (Å²) in [5.74, 6) is 0.409. The van der Waals surface area contributed by atoms with E-state index in [-0.39, 0.29) is 5.91 Å². The Morgan fingerprint density at radius 3 is 2.67 bits per heavy atom. The second-order valence-electron chi connectivity index (χ2n) is 4.68. The summed E-state index contributed by atoms with van der Waals surface area (Å²) < 4.78 is 0. The summed E-state index contributed by atoms with van der Waals surface area (Å²) in [4.78, 5) is 18.3. The van der Waals surface area contributed by atoms with Crippen molar-refractivity contribution in [3.63, 3.8) is 0 Å². The van der Waals surface area contributed by atoms with Crippen molar-refractivity contribution in [2.24, 2.45) is 0 Å². The minimum absolute atomic E-state index is 0.0240. The fourth-order valence-corrected chi connectivity index (χ4v) is 2.78. The molecule has 21 heavy (non-hydrogen) atoms. The van der Waals surface area contributed by atoms with Gasteiger partial charge in [-0.1, -0.05) is 42.5 Å². The van der Waals surface area contributed by atoms with Crippen LogP contribution in [0, 0.1) is 0 Å². The number of rotatable bonds is 5. The molecule has 1 amide bonds. The zero-order chi connectivity index (χ0) is 14.5. The Bertz CT molecular complexity index is 706. The van der Waals surface area contributed by atoms with Crippen LogP contribution >= 0.6 is 11.8 Å². The van der Waals surface area contributed by atoms with Crippen LogP contribution in [-0.4, -0.2) is 16.6 Å². The van der Waals surface area contributed by atoms with Crippen LogP contribution in [0.5, 0.6) is 0 Å². The van der Waals surface area contributed by atoms with Gasteiger partial charge in [0.2, 0.25) is 5.91 Å². The molecule has 2 aromatic carbocycles. The summed E-state index contributed by atoms with van der Waals surface area (Å²) >= 11 is 1.47. The molecular formula is C16H16N3OS+. The normalized spacial score (nSPS) is 10.7. The highest BCUT2D eigenvalue weighted by Gasteiger charge is 2.11. The van der Waals surface area contributed by atoms with Crippen LogP contribution in [0.15, 0.2) is 59.8 Å². The number of carbonyl (C=O) groups excluding carboxylic acids is 1. The SMILES string of the molecule is O=C(CSc1[nH]c2ccccc2[nH+]1)NCc1ccccc1. The van der Waals surface area contributed by atoms with Crippen LogP contribution in [0.1, 0.15) is 5.56 Å². The zero-order valence-electron chi connectivity index (χ0n) is 11.4. The lowest BCUT2D eigenvalue weighted by molar-refractivity contribution is -0.396. The topological polar surface area (TPSA) is 59.0 Å². The van der Waals surface area contributed by atoms with Gasteiger partial charge in [0.25, 0.3) is 0 Å². The molecule has 0 aliphatic carbocycles. The molecule has 0 atom stereocenters. The van der Waals surface area contributed by atoms with E-state index in [4.69, 9.17) is 0 Å². The van der Waals surface area contributed by atoms with Gasteiger partial charge in [-0.2, -0.15) is 0 Å². The molecule has 0 radical (unpaired) electrons. The number of carbonyl (C=O) groups is 1. The average molecular weight is 298 g/mol. The summed E-state index contributed by atoms with van der Waals surface area (Å²) in [6.45, 7) is 0.566. The van der Waals surface area contributed by atoms with Crippen LogP contribution in [0.2, 0.25) is 0 Å². The first-order valence-corrected chi connectivity index (χ1v) is 7.73. The van der Waals surface area contributed by atoms with Crippen molar-refractivity contribution in [1.29, 1.82) is 0 Å². The Hall–Kier alpha value is -2.27. The first-order valence-electron chi connectivity index (χ1n) is 6.75. The molecule has 1 aromatic heterocycles. The van der Waals surface area contributed by atoms with E-state index >= 15 is 0 Å². The molecule has 106 valence electrons. The highest BCUT2D eigenvalue weighted by atomic mass is 32.2. The number of aromatic amines is 2. The Morgan fingerprint density at radius 2 is 1.86 bits per heavy atom. The van der Waals surface area contributed by atoms with Crippen molar-refractivity contribution >= 4 is 28.7 Å². The molecule has 0 unspecified atom stereocenters. The molecule has 3 N–H and O–H groups in total. The molecule has 0 saturated carbocycles. The van der Waals surface area contributed by atoms with Gasteiger partial charge in [0, 0.05) is 6.54 Å². The Balaban J connectivity index is 1.51. The number of fused-ring (bicyclic) bond motifs is 1. The number of amides is 1. The van der Waals surface area contributed by atoms with Gasteiger partial charge < -0.3 is 5.32 Å². The van der Waals surface area contributed by atoms with E-state index in [2.05, 4.69) is 15.3 Å². The summed E-state index contributed by atoms with van der Waals surface area (Å²) in [6.07, 6.45) is 0. The predicted molar refractivity (Wildman–Crippen MR) is 83.9 cm³/mol. The molecule has 5 heteroatoms. The van der Waals surface area contributed by atoms with E-state index in [1.165, 1.54) is 11.8 Å². The summed E-state index contributed by atoms with van der Waals surface area (Å²) in [5.41, 5.74) is 3.20. The number of H-pyrrole nitrogens is 2. The lowest BCUT2D eigenvalue weighted by Crippen LogP contribution is -2.24. The number of imidazole rings is 1. The fraction of sp³-hybridized carbons (Fsp3) is 0.125. The Labute approximate surface area is 127 Å². The molecule has 0 aliphatic heterocycles. The third-order valence-corrected chi connectivity index (χ3v) is 4.00. The third-order valence-electron chi connectivity index (χ3n) is 3.10. The van der Waals surface area contributed by atoms with E-state index in [0.29, 0.717) is 12.3 Å². The average Bonchev–Trinajstić information content (AvgIpc) is 2.95. The first kappa shape index (κ1) is 13.7. The molecule has 0 fully saturated rings. The molecule has 0 aliphatic rings. The van der Waals surface area contributed by atoms with E-state index < -0.39 is 0 Å². The Morgan fingerprint density at radius 1 is 1.10 bits per heavy atom. The van der Waals surface area contributed by atoms with Gasteiger partial charge in [0.05, 0.1) is 5.75 Å². The predicted octanol–water partition coefficient (Wildman–Crippen LogP) is 2.39.